The number of rotatable bonds is 3. The van der Waals surface area contributed by atoms with Crippen LogP contribution in [0.25, 0.3) is 0 Å². The van der Waals surface area contributed by atoms with Gasteiger partial charge >= 0.3 is 0 Å². The summed E-state index contributed by atoms with van der Waals surface area (Å²) in [6.07, 6.45) is 0.250. The van der Waals surface area contributed by atoms with Gasteiger partial charge in [-0.1, -0.05) is 0 Å². The summed E-state index contributed by atoms with van der Waals surface area (Å²) in [4.78, 5) is 22.9. The summed E-state index contributed by atoms with van der Waals surface area (Å²) in [5, 5.41) is 5.41. The molecule has 18 heavy (non-hydrogen) atoms. The van der Waals surface area contributed by atoms with Crippen LogP contribution in [0.15, 0.2) is 22.7 Å². The fourth-order valence-electron chi connectivity index (χ4n) is 1.77. The minimum atomic E-state index is -0.299. The van der Waals surface area contributed by atoms with Crippen molar-refractivity contribution in [3.63, 3.8) is 0 Å². The van der Waals surface area contributed by atoms with E-state index in [4.69, 9.17) is 4.74 Å². The number of carbonyl (C=O) groups excluding carboxylic acids is 2. The zero-order chi connectivity index (χ0) is 13.1. The Kier molecular flexibility index (Phi) is 3.86. The van der Waals surface area contributed by atoms with Crippen molar-refractivity contribution < 1.29 is 14.3 Å². The number of methoxy groups -OCH3 is 1. The Morgan fingerprint density at radius 2 is 2.33 bits per heavy atom. The molecule has 0 radical (unpaired) electrons. The molecule has 6 heteroatoms. The third-order valence-corrected chi connectivity index (χ3v) is 3.42. The van der Waals surface area contributed by atoms with Crippen molar-refractivity contribution in [2.75, 3.05) is 19.0 Å². The van der Waals surface area contributed by atoms with Crippen LogP contribution < -0.4 is 15.4 Å². The number of nitrogens with one attached hydrogen (secondary N) is 2. The molecule has 1 saturated heterocycles. The Labute approximate surface area is 113 Å². The van der Waals surface area contributed by atoms with Crippen molar-refractivity contribution in [3.05, 3.63) is 22.7 Å². The molecule has 2 rings (SSSR count). The Morgan fingerprint density at radius 3 is 2.94 bits per heavy atom. The smallest absolute Gasteiger partial charge is 0.229 e. The second kappa shape index (κ2) is 5.39. The Bertz CT molecular complexity index is 490. The number of benzene rings is 1. The van der Waals surface area contributed by atoms with Crippen molar-refractivity contribution in [3.8, 4) is 5.75 Å². The molecule has 1 aliphatic heterocycles. The third kappa shape index (κ3) is 2.81. The van der Waals surface area contributed by atoms with Gasteiger partial charge < -0.3 is 15.4 Å². The monoisotopic (exact) mass is 312 g/mol. The van der Waals surface area contributed by atoms with E-state index < -0.39 is 0 Å². The SMILES string of the molecule is COc1cc(NC(=O)C2CNC(=O)C2)ccc1Br. The standard InChI is InChI=1S/C12H13BrN2O3/c1-18-10-5-8(2-3-9(10)13)15-12(17)7-4-11(16)14-6-7/h2-3,5,7H,4,6H2,1H3,(H,14,16)(H,15,17). The summed E-state index contributed by atoms with van der Waals surface area (Å²) >= 11 is 3.34. The molecule has 0 saturated carbocycles. The fourth-order valence-corrected chi connectivity index (χ4v) is 2.18. The Morgan fingerprint density at radius 1 is 1.56 bits per heavy atom. The molecule has 2 N–H and O–H groups in total. The summed E-state index contributed by atoms with van der Waals surface area (Å²) in [5.41, 5.74) is 0.652. The molecule has 1 unspecified atom stereocenters. The number of amides is 2. The largest absolute Gasteiger partial charge is 0.495 e. The lowest BCUT2D eigenvalue weighted by molar-refractivity contribution is -0.123. The second-order valence-electron chi connectivity index (χ2n) is 4.04. The van der Waals surface area contributed by atoms with Gasteiger partial charge in [-0.15, -0.1) is 0 Å². The first-order chi connectivity index (χ1) is 8.60. The topological polar surface area (TPSA) is 67.4 Å². The van der Waals surface area contributed by atoms with Crippen LogP contribution >= 0.6 is 15.9 Å². The van der Waals surface area contributed by atoms with E-state index in [0.29, 0.717) is 18.0 Å². The molecule has 0 bridgehead atoms. The van der Waals surface area contributed by atoms with E-state index >= 15 is 0 Å². The van der Waals surface area contributed by atoms with Crippen LogP contribution in [-0.4, -0.2) is 25.5 Å². The lowest BCUT2D eigenvalue weighted by Gasteiger charge is -2.11. The molecule has 1 fully saturated rings. The highest BCUT2D eigenvalue weighted by Crippen LogP contribution is 2.28. The van der Waals surface area contributed by atoms with Crippen molar-refractivity contribution in [1.29, 1.82) is 0 Å². The highest BCUT2D eigenvalue weighted by Gasteiger charge is 2.27. The summed E-state index contributed by atoms with van der Waals surface area (Å²) < 4.78 is 5.97. The lowest BCUT2D eigenvalue weighted by Crippen LogP contribution is -2.24. The zero-order valence-corrected chi connectivity index (χ0v) is 11.4. The van der Waals surface area contributed by atoms with Crippen LogP contribution in [0, 0.1) is 5.92 Å². The van der Waals surface area contributed by atoms with E-state index in [9.17, 15) is 9.59 Å². The minimum absolute atomic E-state index is 0.0801. The summed E-state index contributed by atoms with van der Waals surface area (Å²) in [6, 6.07) is 5.30. The van der Waals surface area contributed by atoms with E-state index in [-0.39, 0.29) is 24.2 Å². The first-order valence-electron chi connectivity index (χ1n) is 5.51. The molecular formula is C12H13BrN2O3. The summed E-state index contributed by atoms with van der Waals surface area (Å²) in [6.45, 7) is 0.401. The van der Waals surface area contributed by atoms with E-state index in [1.165, 1.54) is 0 Å². The van der Waals surface area contributed by atoms with Gasteiger partial charge in [-0.25, -0.2) is 0 Å². The van der Waals surface area contributed by atoms with Crippen LogP contribution in [0.4, 0.5) is 5.69 Å². The molecule has 2 amide bonds. The Balaban J connectivity index is 2.05. The maximum absolute atomic E-state index is 11.9. The first kappa shape index (κ1) is 12.9. The van der Waals surface area contributed by atoms with E-state index in [1.807, 2.05) is 0 Å². The summed E-state index contributed by atoms with van der Waals surface area (Å²) in [7, 11) is 1.56. The average Bonchev–Trinajstić information content (AvgIpc) is 2.78. The highest BCUT2D eigenvalue weighted by molar-refractivity contribution is 9.10. The Hall–Kier alpha value is -1.56. The highest BCUT2D eigenvalue weighted by atomic mass is 79.9. The maximum atomic E-state index is 11.9. The second-order valence-corrected chi connectivity index (χ2v) is 4.90. The van der Waals surface area contributed by atoms with Crippen molar-refractivity contribution in [2.45, 2.75) is 6.42 Å². The molecule has 0 aromatic heterocycles. The zero-order valence-electron chi connectivity index (χ0n) is 9.83. The van der Waals surface area contributed by atoms with Gasteiger partial charge in [0.15, 0.2) is 0 Å². The predicted octanol–water partition coefficient (Wildman–Crippen LogP) is 1.53. The van der Waals surface area contributed by atoms with Gasteiger partial charge in [0.2, 0.25) is 11.8 Å². The molecule has 0 spiro atoms. The van der Waals surface area contributed by atoms with E-state index in [0.717, 1.165) is 4.47 Å². The number of carbonyl (C=O) groups is 2. The number of hydrogen-bond acceptors (Lipinski definition) is 3. The van der Waals surface area contributed by atoms with Crippen LogP contribution in [0.3, 0.4) is 0 Å². The van der Waals surface area contributed by atoms with Crippen molar-refractivity contribution >= 4 is 33.4 Å². The van der Waals surface area contributed by atoms with E-state index in [1.54, 1.807) is 25.3 Å². The molecule has 96 valence electrons. The average molecular weight is 313 g/mol. The van der Waals surface area contributed by atoms with Crippen molar-refractivity contribution in [1.82, 2.24) is 5.32 Å². The van der Waals surface area contributed by atoms with Gasteiger partial charge in [-0.3, -0.25) is 9.59 Å². The molecule has 1 aliphatic rings. The molecule has 5 nitrogen and oxygen atoms in total. The van der Waals surface area contributed by atoms with Gasteiger partial charge in [-0.2, -0.15) is 0 Å². The van der Waals surface area contributed by atoms with Crippen molar-refractivity contribution in [2.24, 2.45) is 5.92 Å². The predicted molar refractivity (Wildman–Crippen MR) is 70.4 cm³/mol. The molecule has 1 heterocycles. The first-order valence-corrected chi connectivity index (χ1v) is 6.30. The number of hydrogen-bond donors (Lipinski definition) is 2. The molecular weight excluding hydrogens is 300 g/mol. The normalized spacial score (nSPS) is 18.3. The van der Waals surface area contributed by atoms with Gasteiger partial charge in [0, 0.05) is 24.7 Å². The van der Waals surface area contributed by atoms with Gasteiger partial charge in [0.1, 0.15) is 5.75 Å². The quantitative estimate of drug-likeness (QED) is 0.889. The number of ether oxygens (including phenoxy) is 1. The van der Waals surface area contributed by atoms with E-state index in [2.05, 4.69) is 26.6 Å². The lowest BCUT2D eigenvalue weighted by atomic mass is 10.1. The molecule has 0 aliphatic carbocycles. The van der Waals surface area contributed by atoms with Crippen LogP contribution in [0.1, 0.15) is 6.42 Å². The number of anilines is 1. The molecule has 1 atom stereocenters. The van der Waals surface area contributed by atoms with Gasteiger partial charge in [-0.05, 0) is 28.1 Å². The maximum Gasteiger partial charge on any atom is 0.229 e. The third-order valence-electron chi connectivity index (χ3n) is 2.77. The van der Waals surface area contributed by atoms with Crippen LogP contribution in [0.2, 0.25) is 0 Å². The number of halogens is 1. The minimum Gasteiger partial charge on any atom is -0.495 e. The van der Waals surface area contributed by atoms with Gasteiger partial charge in [0.05, 0.1) is 17.5 Å². The molecule has 1 aromatic rings. The van der Waals surface area contributed by atoms with Gasteiger partial charge in [0.25, 0.3) is 0 Å². The van der Waals surface area contributed by atoms with Crippen LogP contribution in [-0.2, 0) is 9.59 Å². The van der Waals surface area contributed by atoms with Crippen LogP contribution in [0.5, 0.6) is 5.75 Å². The summed E-state index contributed by atoms with van der Waals surface area (Å²) in [5.74, 6) is 0.113. The molecule has 1 aromatic carbocycles. The fraction of sp³-hybridized carbons (Fsp3) is 0.333.